The Labute approximate surface area is 187 Å². The average molecular weight is 442 g/mol. The number of nitrogens with zero attached hydrogens (tertiary/aromatic N) is 2. The van der Waals surface area contributed by atoms with Crippen LogP contribution in [-0.2, 0) is 23.1 Å². The van der Waals surface area contributed by atoms with E-state index in [1.54, 1.807) is 4.90 Å². The van der Waals surface area contributed by atoms with Gasteiger partial charge in [0.1, 0.15) is 11.4 Å². The molecular weight excluding hydrogens is 410 g/mol. The van der Waals surface area contributed by atoms with E-state index in [1.807, 2.05) is 32.1 Å². The largest absolute Gasteiger partial charge is 0.444 e. The first kappa shape index (κ1) is 20.7. The molecule has 3 aliphatic rings. The molecule has 2 aromatic rings. The van der Waals surface area contributed by atoms with E-state index in [9.17, 15) is 9.59 Å². The average Bonchev–Trinajstić information content (AvgIpc) is 3.12. The third-order valence-corrected chi connectivity index (χ3v) is 7.99. The quantitative estimate of drug-likeness (QED) is 0.738. The van der Waals surface area contributed by atoms with Gasteiger partial charge in [-0.1, -0.05) is 12.8 Å². The van der Waals surface area contributed by atoms with Crippen molar-refractivity contribution < 1.29 is 9.53 Å². The van der Waals surface area contributed by atoms with Crippen molar-refractivity contribution in [3.8, 4) is 0 Å². The number of nitrogens with one attached hydrogen (secondary N) is 1. The van der Waals surface area contributed by atoms with Crippen LogP contribution in [-0.4, -0.2) is 33.1 Å². The lowest BCUT2D eigenvalue weighted by Gasteiger charge is -2.30. The Morgan fingerprint density at radius 3 is 2.71 bits per heavy atom. The standard InChI is InChI=1S/C24H31N3O3S/c1-23(2,3)30-22(29)27-11-8-18-17(13-27)20(28)26-21(25-18)24(9-10-24)19-12-16(14-31-19)15-6-4-5-7-15/h12,14-15H,4-11,13H2,1-3H3,(H,25,26,28). The van der Waals surface area contributed by atoms with Crippen molar-refractivity contribution in [2.45, 2.75) is 89.2 Å². The molecule has 166 valence electrons. The summed E-state index contributed by atoms with van der Waals surface area (Å²) in [7, 11) is 0. The first-order valence-corrected chi connectivity index (χ1v) is 12.3. The molecule has 0 aromatic carbocycles. The van der Waals surface area contributed by atoms with Crippen LogP contribution in [0.25, 0.3) is 0 Å². The number of hydrogen-bond acceptors (Lipinski definition) is 5. The van der Waals surface area contributed by atoms with Gasteiger partial charge in [0, 0.05) is 17.8 Å². The monoisotopic (exact) mass is 441 g/mol. The summed E-state index contributed by atoms with van der Waals surface area (Å²) in [5.41, 5.74) is 2.09. The number of thiophene rings is 1. The molecule has 31 heavy (non-hydrogen) atoms. The van der Waals surface area contributed by atoms with Gasteiger partial charge in [-0.15, -0.1) is 11.3 Å². The predicted molar refractivity (Wildman–Crippen MR) is 121 cm³/mol. The normalized spacial score (nSPS) is 20.5. The molecule has 2 aromatic heterocycles. The summed E-state index contributed by atoms with van der Waals surface area (Å²) in [5.74, 6) is 1.51. The summed E-state index contributed by atoms with van der Waals surface area (Å²) in [6, 6.07) is 2.37. The van der Waals surface area contributed by atoms with Crippen LogP contribution in [0, 0.1) is 0 Å². The van der Waals surface area contributed by atoms with E-state index >= 15 is 0 Å². The Bertz CT molecular complexity index is 1050. The van der Waals surface area contributed by atoms with Crippen LogP contribution in [0.1, 0.15) is 92.7 Å². The SMILES string of the molecule is CC(C)(C)OC(=O)N1CCc2nc(C3(c4cc(C5CCCC5)cs4)CC3)[nH]c(=O)c2C1. The van der Waals surface area contributed by atoms with Crippen molar-refractivity contribution in [2.75, 3.05) is 6.54 Å². The van der Waals surface area contributed by atoms with Crippen molar-refractivity contribution >= 4 is 17.4 Å². The second kappa shape index (κ2) is 7.47. The molecule has 1 N–H and O–H groups in total. The number of aromatic nitrogens is 2. The zero-order valence-electron chi connectivity index (χ0n) is 18.6. The molecule has 3 heterocycles. The Hall–Kier alpha value is -2.15. The minimum atomic E-state index is -0.553. The van der Waals surface area contributed by atoms with E-state index < -0.39 is 5.60 Å². The van der Waals surface area contributed by atoms with E-state index in [0.29, 0.717) is 24.4 Å². The highest BCUT2D eigenvalue weighted by atomic mass is 32.1. The number of aromatic amines is 1. The second-order valence-corrected chi connectivity index (χ2v) is 11.2. The molecule has 2 fully saturated rings. The van der Waals surface area contributed by atoms with Crippen LogP contribution in [0.4, 0.5) is 4.79 Å². The van der Waals surface area contributed by atoms with Crippen molar-refractivity contribution in [3.63, 3.8) is 0 Å². The number of ether oxygens (including phenoxy) is 1. The lowest BCUT2D eigenvalue weighted by Crippen LogP contribution is -2.42. The molecule has 2 aliphatic carbocycles. The van der Waals surface area contributed by atoms with E-state index in [2.05, 4.69) is 16.4 Å². The summed E-state index contributed by atoms with van der Waals surface area (Å²) in [6.07, 6.45) is 7.53. The molecule has 2 saturated carbocycles. The molecule has 0 atom stereocenters. The van der Waals surface area contributed by atoms with Gasteiger partial charge < -0.3 is 14.6 Å². The minimum absolute atomic E-state index is 0.118. The molecule has 0 unspecified atom stereocenters. The third kappa shape index (κ3) is 3.93. The van der Waals surface area contributed by atoms with Gasteiger partial charge in [0.15, 0.2) is 0 Å². The van der Waals surface area contributed by atoms with Gasteiger partial charge in [-0.25, -0.2) is 9.78 Å². The zero-order valence-corrected chi connectivity index (χ0v) is 19.4. The highest BCUT2D eigenvalue weighted by Crippen LogP contribution is 2.54. The maximum absolute atomic E-state index is 13.0. The van der Waals surface area contributed by atoms with E-state index in [4.69, 9.17) is 9.72 Å². The molecule has 1 aliphatic heterocycles. The molecule has 7 heteroatoms. The fourth-order valence-electron chi connectivity index (χ4n) is 4.93. The van der Waals surface area contributed by atoms with Gasteiger partial charge in [0.25, 0.3) is 5.56 Å². The summed E-state index contributed by atoms with van der Waals surface area (Å²) in [5, 5.41) is 2.32. The van der Waals surface area contributed by atoms with Crippen molar-refractivity contribution in [1.29, 1.82) is 0 Å². The smallest absolute Gasteiger partial charge is 0.410 e. The molecule has 0 radical (unpaired) electrons. The lowest BCUT2D eigenvalue weighted by molar-refractivity contribution is 0.0221. The summed E-state index contributed by atoms with van der Waals surface area (Å²) >= 11 is 1.82. The number of H-pyrrole nitrogens is 1. The number of rotatable bonds is 3. The number of hydrogen-bond donors (Lipinski definition) is 1. The van der Waals surface area contributed by atoms with Gasteiger partial charge in [0.2, 0.25) is 0 Å². The second-order valence-electron chi connectivity index (χ2n) is 10.3. The number of carbonyl (C=O) groups excluding carboxylic acids is 1. The first-order valence-electron chi connectivity index (χ1n) is 11.4. The van der Waals surface area contributed by atoms with E-state index in [0.717, 1.165) is 24.4 Å². The predicted octanol–water partition coefficient (Wildman–Crippen LogP) is 4.86. The molecule has 5 rings (SSSR count). The third-order valence-electron chi connectivity index (χ3n) is 6.84. The Kier molecular flexibility index (Phi) is 5.00. The highest BCUT2D eigenvalue weighted by Gasteiger charge is 2.50. The molecule has 0 bridgehead atoms. The number of fused-ring (bicyclic) bond motifs is 1. The molecule has 0 spiro atoms. The maximum atomic E-state index is 13.0. The minimum Gasteiger partial charge on any atom is -0.444 e. The van der Waals surface area contributed by atoms with Gasteiger partial charge >= 0.3 is 6.09 Å². The lowest BCUT2D eigenvalue weighted by atomic mass is 9.97. The maximum Gasteiger partial charge on any atom is 0.410 e. The van der Waals surface area contributed by atoms with Crippen molar-refractivity contribution in [1.82, 2.24) is 14.9 Å². The van der Waals surface area contributed by atoms with Crippen LogP contribution in [0.2, 0.25) is 0 Å². The van der Waals surface area contributed by atoms with E-state index in [1.165, 1.54) is 36.1 Å². The van der Waals surface area contributed by atoms with Crippen LogP contribution >= 0.6 is 11.3 Å². The topological polar surface area (TPSA) is 75.3 Å². The zero-order chi connectivity index (χ0) is 21.8. The summed E-state index contributed by atoms with van der Waals surface area (Å²) in [6.45, 7) is 6.32. The van der Waals surface area contributed by atoms with Crippen LogP contribution in [0.3, 0.4) is 0 Å². The van der Waals surface area contributed by atoms with Crippen LogP contribution in [0.5, 0.6) is 0 Å². The molecular formula is C24H31N3O3S. The Morgan fingerprint density at radius 1 is 1.29 bits per heavy atom. The van der Waals surface area contributed by atoms with Crippen molar-refractivity contribution in [2.24, 2.45) is 0 Å². The van der Waals surface area contributed by atoms with Crippen LogP contribution in [0.15, 0.2) is 16.2 Å². The highest BCUT2D eigenvalue weighted by molar-refractivity contribution is 7.10. The van der Waals surface area contributed by atoms with Gasteiger partial charge in [-0.3, -0.25) is 4.79 Å². The Balaban J connectivity index is 1.39. The van der Waals surface area contributed by atoms with Crippen molar-refractivity contribution in [3.05, 3.63) is 49.3 Å². The summed E-state index contributed by atoms with van der Waals surface area (Å²) < 4.78 is 5.48. The first-order chi connectivity index (χ1) is 14.7. The molecule has 1 amide bonds. The Morgan fingerprint density at radius 2 is 2.03 bits per heavy atom. The summed E-state index contributed by atoms with van der Waals surface area (Å²) in [4.78, 5) is 36.4. The van der Waals surface area contributed by atoms with Gasteiger partial charge in [0.05, 0.1) is 23.2 Å². The fraction of sp³-hybridized carbons (Fsp3) is 0.625. The number of carbonyl (C=O) groups is 1. The van der Waals surface area contributed by atoms with Crippen LogP contribution < -0.4 is 5.56 Å². The van der Waals surface area contributed by atoms with Gasteiger partial charge in [-0.05, 0) is 69.4 Å². The van der Waals surface area contributed by atoms with E-state index in [-0.39, 0.29) is 23.6 Å². The molecule has 0 saturated heterocycles. The number of amides is 1. The molecule has 6 nitrogen and oxygen atoms in total. The fourth-order valence-corrected chi connectivity index (χ4v) is 6.19. The van der Waals surface area contributed by atoms with Gasteiger partial charge in [-0.2, -0.15) is 0 Å².